The molecule has 0 spiro atoms. The second-order valence-corrected chi connectivity index (χ2v) is 3.67. The van der Waals surface area contributed by atoms with Crippen LogP contribution in [0.3, 0.4) is 0 Å². The van der Waals surface area contributed by atoms with Gasteiger partial charge in [-0.25, -0.2) is 4.39 Å². The molecule has 0 bridgehead atoms. The molecular weight excluding hydrogens is 191 g/mol. The number of halogens is 1. The number of likely N-dealkylation sites (N-methyl/N-ethyl adjacent to an activating group) is 1. The predicted octanol–water partition coefficient (Wildman–Crippen LogP) is 2.47. The lowest BCUT2D eigenvalue weighted by atomic mass is 10.1. The fourth-order valence-corrected chi connectivity index (χ4v) is 1.41. The normalized spacial score (nSPS) is 12.3. The Morgan fingerprint density at radius 3 is 2.73 bits per heavy atom. The molecule has 0 unspecified atom stereocenters. The lowest BCUT2D eigenvalue weighted by Crippen LogP contribution is -2.18. The zero-order chi connectivity index (χ0) is 11.4. The average Bonchev–Trinajstić information content (AvgIpc) is 2.17. The lowest BCUT2D eigenvalue weighted by molar-refractivity contribution is 0.619. The summed E-state index contributed by atoms with van der Waals surface area (Å²) in [6, 6.07) is 4.94. The summed E-state index contributed by atoms with van der Waals surface area (Å²) in [6.07, 6.45) is 1.74. The molecule has 0 saturated heterocycles. The van der Waals surface area contributed by atoms with Crippen molar-refractivity contribution in [1.29, 1.82) is 0 Å². The summed E-state index contributed by atoms with van der Waals surface area (Å²) in [5, 5.41) is 0. The summed E-state index contributed by atoms with van der Waals surface area (Å²) < 4.78 is 13.7. The zero-order valence-electron chi connectivity index (χ0n) is 9.20. The van der Waals surface area contributed by atoms with Gasteiger partial charge in [-0.1, -0.05) is 12.1 Å². The standard InChI is InChI=1S/C12H17FN2/c1-4-7-15(3)12-6-5-10(9(2)14)8-11(12)13/h4-6,8-9H,1,7,14H2,2-3H3/t9-/m1/s1. The van der Waals surface area contributed by atoms with Crippen LogP contribution in [0.25, 0.3) is 0 Å². The fraction of sp³-hybridized carbons (Fsp3) is 0.333. The first-order valence-corrected chi connectivity index (χ1v) is 4.93. The van der Waals surface area contributed by atoms with Crippen LogP contribution in [0, 0.1) is 5.82 Å². The second kappa shape index (κ2) is 4.94. The summed E-state index contributed by atoms with van der Waals surface area (Å²) >= 11 is 0. The van der Waals surface area contributed by atoms with Gasteiger partial charge in [0.25, 0.3) is 0 Å². The first-order chi connectivity index (χ1) is 7.06. The van der Waals surface area contributed by atoms with Crippen LogP contribution in [0.1, 0.15) is 18.5 Å². The summed E-state index contributed by atoms with van der Waals surface area (Å²) in [5.41, 5.74) is 7.05. The summed E-state index contributed by atoms with van der Waals surface area (Å²) in [5.74, 6) is -0.242. The monoisotopic (exact) mass is 208 g/mol. The van der Waals surface area contributed by atoms with E-state index >= 15 is 0 Å². The van der Waals surface area contributed by atoms with Crippen molar-refractivity contribution in [2.24, 2.45) is 5.73 Å². The molecule has 0 heterocycles. The summed E-state index contributed by atoms with van der Waals surface area (Å²) in [4.78, 5) is 1.80. The van der Waals surface area contributed by atoms with E-state index in [2.05, 4.69) is 6.58 Å². The molecular formula is C12H17FN2. The highest BCUT2D eigenvalue weighted by Gasteiger charge is 2.08. The van der Waals surface area contributed by atoms with Crippen LogP contribution in [-0.2, 0) is 0 Å². The molecule has 0 saturated carbocycles. The van der Waals surface area contributed by atoms with Crippen LogP contribution in [0.2, 0.25) is 0 Å². The molecule has 2 nitrogen and oxygen atoms in total. The van der Waals surface area contributed by atoms with Gasteiger partial charge in [0.1, 0.15) is 5.82 Å². The second-order valence-electron chi connectivity index (χ2n) is 3.67. The number of hydrogen-bond acceptors (Lipinski definition) is 2. The molecule has 0 aromatic heterocycles. The number of nitrogens with zero attached hydrogens (tertiary/aromatic N) is 1. The van der Waals surface area contributed by atoms with Gasteiger partial charge in [0.15, 0.2) is 0 Å². The Morgan fingerprint density at radius 1 is 1.60 bits per heavy atom. The van der Waals surface area contributed by atoms with Crippen molar-refractivity contribution in [2.45, 2.75) is 13.0 Å². The molecule has 0 aliphatic carbocycles. The van der Waals surface area contributed by atoms with Crippen LogP contribution in [0.15, 0.2) is 30.9 Å². The Morgan fingerprint density at radius 2 is 2.27 bits per heavy atom. The van der Waals surface area contributed by atoms with Crippen molar-refractivity contribution in [3.63, 3.8) is 0 Å². The molecule has 0 radical (unpaired) electrons. The maximum Gasteiger partial charge on any atom is 0.146 e. The van der Waals surface area contributed by atoms with Gasteiger partial charge in [-0.2, -0.15) is 0 Å². The van der Waals surface area contributed by atoms with E-state index in [-0.39, 0.29) is 11.9 Å². The third-order valence-electron chi connectivity index (χ3n) is 2.31. The maximum atomic E-state index is 13.7. The molecule has 82 valence electrons. The molecule has 0 fully saturated rings. The van der Waals surface area contributed by atoms with Crippen LogP contribution < -0.4 is 10.6 Å². The Balaban J connectivity index is 2.97. The fourth-order valence-electron chi connectivity index (χ4n) is 1.41. The molecule has 1 aromatic carbocycles. The Bertz CT molecular complexity index is 347. The largest absolute Gasteiger partial charge is 0.369 e. The first-order valence-electron chi connectivity index (χ1n) is 4.93. The Labute approximate surface area is 90.2 Å². The number of nitrogens with two attached hydrogens (primary N) is 1. The van der Waals surface area contributed by atoms with E-state index in [9.17, 15) is 4.39 Å². The van der Waals surface area contributed by atoms with Crippen LogP contribution in [0.4, 0.5) is 10.1 Å². The van der Waals surface area contributed by atoms with E-state index < -0.39 is 0 Å². The topological polar surface area (TPSA) is 29.3 Å². The highest BCUT2D eigenvalue weighted by molar-refractivity contribution is 5.49. The quantitative estimate of drug-likeness (QED) is 0.770. The predicted molar refractivity (Wildman–Crippen MR) is 62.5 cm³/mol. The molecule has 0 amide bonds. The number of benzene rings is 1. The van der Waals surface area contributed by atoms with Crippen molar-refractivity contribution in [1.82, 2.24) is 0 Å². The molecule has 1 atom stereocenters. The molecule has 1 rings (SSSR count). The number of rotatable bonds is 4. The molecule has 0 aliphatic heterocycles. The minimum atomic E-state index is -0.242. The van der Waals surface area contributed by atoms with Gasteiger partial charge in [-0.05, 0) is 24.6 Å². The molecule has 2 N–H and O–H groups in total. The molecule has 3 heteroatoms. The van der Waals surface area contributed by atoms with E-state index in [1.165, 1.54) is 6.07 Å². The first kappa shape index (κ1) is 11.7. The smallest absolute Gasteiger partial charge is 0.146 e. The van der Waals surface area contributed by atoms with Crippen molar-refractivity contribution >= 4 is 5.69 Å². The van der Waals surface area contributed by atoms with Gasteiger partial charge in [-0.3, -0.25) is 0 Å². The van der Waals surface area contributed by atoms with Crippen molar-refractivity contribution in [2.75, 3.05) is 18.5 Å². The SMILES string of the molecule is C=CCN(C)c1ccc([C@@H](C)N)cc1F. The van der Waals surface area contributed by atoms with Crippen LogP contribution >= 0.6 is 0 Å². The summed E-state index contributed by atoms with van der Waals surface area (Å²) in [7, 11) is 1.83. The minimum absolute atomic E-state index is 0.140. The molecule has 0 aliphatic rings. The van der Waals surface area contributed by atoms with E-state index in [1.807, 2.05) is 20.0 Å². The Kier molecular flexibility index (Phi) is 3.86. The third kappa shape index (κ3) is 2.80. The van der Waals surface area contributed by atoms with E-state index in [0.29, 0.717) is 12.2 Å². The van der Waals surface area contributed by atoms with Crippen molar-refractivity contribution in [3.05, 3.63) is 42.2 Å². The highest BCUT2D eigenvalue weighted by atomic mass is 19.1. The average molecular weight is 208 g/mol. The number of anilines is 1. The number of hydrogen-bond donors (Lipinski definition) is 1. The molecule has 1 aromatic rings. The molecule has 15 heavy (non-hydrogen) atoms. The summed E-state index contributed by atoms with van der Waals surface area (Å²) in [6.45, 7) is 6.07. The lowest BCUT2D eigenvalue weighted by Gasteiger charge is -2.18. The van der Waals surface area contributed by atoms with Crippen LogP contribution in [-0.4, -0.2) is 13.6 Å². The van der Waals surface area contributed by atoms with Gasteiger partial charge in [0.2, 0.25) is 0 Å². The van der Waals surface area contributed by atoms with E-state index in [4.69, 9.17) is 5.73 Å². The van der Waals surface area contributed by atoms with Crippen LogP contribution in [0.5, 0.6) is 0 Å². The van der Waals surface area contributed by atoms with Crippen molar-refractivity contribution < 1.29 is 4.39 Å². The third-order valence-corrected chi connectivity index (χ3v) is 2.31. The van der Waals surface area contributed by atoms with Gasteiger partial charge in [0.05, 0.1) is 5.69 Å². The van der Waals surface area contributed by atoms with Gasteiger partial charge in [-0.15, -0.1) is 6.58 Å². The minimum Gasteiger partial charge on any atom is -0.369 e. The van der Waals surface area contributed by atoms with E-state index in [1.54, 1.807) is 17.0 Å². The highest BCUT2D eigenvalue weighted by Crippen LogP contribution is 2.21. The maximum absolute atomic E-state index is 13.7. The van der Waals surface area contributed by atoms with Gasteiger partial charge >= 0.3 is 0 Å². The van der Waals surface area contributed by atoms with E-state index in [0.717, 1.165) is 5.56 Å². The van der Waals surface area contributed by atoms with Gasteiger partial charge < -0.3 is 10.6 Å². The zero-order valence-corrected chi connectivity index (χ0v) is 9.20. The Hall–Kier alpha value is -1.35. The van der Waals surface area contributed by atoms with Gasteiger partial charge in [0, 0.05) is 19.6 Å². The van der Waals surface area contributed by atoms with Crippen molar-refractivity contribution in [3.8, 4) is 0 Å².